The van der Waals surface area contributed by atoms with E-state index in [-0.39, 0.29) is 17.7 Å². The summed E-state index contributed by atoms with van der Waals surface area (Å²) in [6, 6.07) is 56.2. The van der Waals surface area contributed by atoms with Crippen molar-refractivity contribution in [2.24, 2.45) is 10.9 Å². The lowest BCUT2D eigenvalue weighted by Crippen LogP contribution is -2.47. The van der Waals surface area contributed by atoms with E-state index in [1.165, 1.54) is 60.8 Å². The third-order valence-corrected chi connectivity index (χ3v) is 12.7. The monoisotopic (exact) mass is 724 g/mol. The van der Waals surface area contributed by atoms with Crippen LogP contribution in [-0.2, 0) is 5.41 Å². The second-order valence-electron chi connectivity index (χ2n) is 15.7. The van der Waals surface area contributed by atoms with E-state index in [0.717, 1.165) is 49.2 Å². The van der Waals surface area contributed by atoms with Gasteiger partial charge in [0.25, 0.3) is 0 Å². The van der Waals surface area contributed by atoms with Crippen LogP contribution in [0, 0.1) is 5.92 Å². The second kappa shape index (κ2) is 13.5. The lowest BCUT2D eigenvalue weighted by Gasteiger charge is -2.36. The van der Waals surface area contributed by atoms with Crippen LogP contribution in [0.15, 0.2) is 187 Å². The summed E-state index contributed by atoms with van der Waals surface area (Å²) in [5.41, 5.74) is 13.8. The van der Waals surface area contributed by atoms with Gasteiger partial charge in [0.05, 0.1) is 16.4 Å². The number of amidine groups is 1. The standard InChI is InChI=1S/C52H44N4/c1-5-18-35(19-6-1)49-53-50(36-20-7-2-8-21-36)55-51(54-49)37-22-17-27-40(32-37)56-47-31-16-14-29-42(47)44-33-43-41-28-13-15-30-45(41)52(46(43)34-48(44)56,38-23-9-3-10-24-38)39-25-11-4-12-26-39/h1-7,9-14,16-19,22-29,31-34,36,49,51,54H,8,15,20-21,30H2,(H,53,55). The van der Waals surface area contributed by atoms with Gasteiger partial charge in [-0.2, -0.15) is 0 Å². The van der Waals surface area contributed by atoms with Gasteiger partial charge in [-0.05, 0) is 107 Å². The number of rotatable bonds is 6. The van der Waals surface area contributed by atoms with Crippen LogP contribution in [0.3, 0.4) is 0 Å². The molecule has 7 aromatic rings. The number of allylic oxidation sites excluding steroid dienone is 6. The number of nitrogens with zero attached hydrogens (tertiary/aromatic N) is 2. The van der Waals surface area contributed by atoms with Gasteiger partial charge < -0.3 is 9.88 Å². The minimum absolute atomic E-state index is 0.0317. The van der Waals surface area contributed by atoms with Gasteiger partial charge in [-0.3, -0.25) is 5.32 Å². The fourth-order valence-corrected chi connectivity index (χ4v) is 10.2. The molecule has 6 aromatic carbocycles. The molecule has 0 bridgehead atoms. The van der Waals surface area contributed by atoms with Gasteiger partial charge >= 0.3 is 0 Å². The summed E-state index contributed by atoms with van der Waals surface area (Å²) in [7, 11) is 0. The summed E-state index contributed by atoms with van der Waals surface area (Å²) >= 11 is 0. The third kappa shape index (κ3) is 5.20. The van der Waals surface area contributed by atoms with Crippen LogP contribution >= 0.6 is 0 Å². The Morgan fingerprint density at radius 1 is 0.625 bits per heavy atom. The maximum Gasteiger partial charge on any atom is 0.129 e. The van der Waals surface area contributed by atoms with Crippen LogP contribution in [0.5, 0.6) is 0 Å². The number of aromatic nitrogens is 1. The largest absolute Gasteiger partial charge is 0.354 e. The number of nitrogens with one attached hydrogen (secondary N) is 2. The van der Waals surface area contributed by atoms with Crippen LogP contribution in [0.1, 0.15) is 77.8 Å². The van der Waals surface area contributed by atoms with Crippen LogP contribution < -0.4 is 10.6 Å². The van der Waals surface area contributed by atoms with Crippen molar-refractivity contribution in [3.05, 3.63) is 215 Å². The minimum Gasteiger partial charge on any atom is -0.354 e. The predicted molar refractivity (Wildman–Crippen MR) is 231 cm³/mol. The molecule has 272 valence electrons. The number of fused-ring (bicyclic) bond motifs is 5. The van der Waals surface area contributed by atoms with Crippen molar-refractivity contribution >= 4 is 33.2 Å². The highest BCUT2D eigenvalue weighted by molar-refractivity contribution is 6.11. The smallest absolute Gasteiger partial charge is 0.129 e. The van der Waals surface area contributed by atoms with Gasteiger partial charge in [-0.15, -0.1) is 0 Å². The van der Waals surface area contributed by atoms with E-state index < -0.39 is 0 Å². The molecule has 2 N–H and O–H groups in total. The Hall–Kier alpha value is -6.23. The van der Waals surface area contributed by atoms with E-state index in [1.54, 1.807) is 0 Å². The summed E-state index contributed by atoms with van der Waals surface area (Å²) in [6.07, 6.45) is 14.5. The van der Waals surface area contributed by atoms with E-state index in [1.807, 2.05) is 0 Å². The number of hydrogen-bond donors (Lipinski definition) is 2. The summed E-state index contributed by atoms with van der Waals surface area (Å²) in [5, 5.41) is 10.2. The van der Waals surface area contributed by atoms with Crippen molar-refractivity contribution in [2.45, 2.75) is 49.9 Å². The highest BCUT2D eigenvalue weighted by Gasteiger charge is 2.47. The fourth-order valence-electron chi connectivity index (χ4n) is 10.2. The summed E-state index contributed by atoms with van der Waals surface area (Å²) in [6.45, 7) is 0. The van der Waals surface area contributed by atoms with Gasteiger partial charge in [0, 0.05) is 22.4 Å². The van der Waals surface area contributed by atoms with Crippen LogP contribution in [0.4, 0.5) is 0 Å². The summed E-state index contributed by atoms with van der Waals surface area (Å²) in [4.78, 5) is 5.41. The Bertz CT molecular complexity index is 2700. The molecule has 56 heavy (non-hydrogen) atoms. The molecule has 4 nitrogen and oxygen atoms in total. The van der Waals surface area contributed by atoms with Gasteiger partial charge in [-0.25, -0.2) is 4.99 Å². The zero-order valence-corrected chi connectivity index (χ0v) is 31.4. The molecule has 1 aliphatic heterocycles. The second-order valence-corrected chi connectivity index (χ2v) is 15.7. The normalized spacial score (nSPS) is 21.1. The maximum absolute atomic E-state index is 5.41. The first-order valence-corrected chi connectivity index (χ1v) is 20.3. The summed E-state index contributed by atoms with van der Waals surface area (Å²) < 4.78 is 2.49. The first-order chi connectivity index (χ1) is 27.8. The molecule has 0 saturated carbocycles. The molecular weight excluding hydrogens is 681 g/mol. The Labute approximate surface area is 328 Å². The zero-order valence-electron chi connectivity index (χ0n) is 31.4. The molecule has 1 aromatic heterocycles. The van der Waals surface area contributed by atoms with Gasteiger partial charge in [-0.1, -0.05) is 146 Å². The van der Waals surface area contributed by atoms with Gasteiger partial charge in [0.15, 0.2) is 0 Å². The Morgan fingerprint density at radius 3 is 2.12 bits per heavy atom. The number of hydrogen-bond acceptors (Lipinski definition) is 3. The Balaban J connectivity index is 1.11. The molecule has 0 fully saturated rings. The molecule has 2 heterocycles. The SMILES string of the molecule is C1=CC2=C(CC1)C(c1ccccc1)(c1ccccc1)c1cc3c(cc12)c1ccccc1n3-c1cccc(C2N=C(C3CC=CCC3)NC(c3ccccc3)N2)c1. The molecule has 4 aliphatic rings. The van der Waals surface area contributed by atoms with Crippen LogP contribution in [0.25, 0.3) is 33.1 Å². The molecule has 0 amide bonds. The molecule has 0 spiro atoms. The summed E-state index contributed by atoms with van der Waals surface area (Å²) in [5.74, 6) is 1.50. The quantitative estimate of drug-likeness (QED) is 0.168. The van der Waals surface area contributed by atoms with Crippen molar-refractivity contribution in [3.8, 4) is 5.69 Å². The number of benzene rings is 6. The molecule has 0 radical (unpaired) electrons. The molecule has 3 unspecified atom stereocenters. The molecular formula is C52H44N4. The van der Waals surface area contributed by atoms with E-state index in [0.29, 0.717) is 5.92 Å². The first-order valence-electron chi connectivity index (χ1n) is 20.3. The zero-order chi connectivity index (χ0) is 37.1. The van der Waals surface area contributed by atoms with Crippen LogP contribution in [0.2, 0.25) is 0 Å². The van der Waals surface area contributed by atoms with E-state index in [2.05, 4.69) is 191 Å². The lowest BCUT2D eigenvalue weighted by atomic mass is 9.65. The van der Waals surface area contributed by atoms with Crippen molar-refractivity contribution in [3.63, 3.8) is 0 Å². The Morgan fingerprint density at radius 2 is 1.36 bits per heavy atom. The average molecular weight is 725 g/mol. The van der Waals surface area contributed by atoms with Crippen molar-refractivity contribution in [2.75, 3.05) is 0 Å². The molecule has 3 aliphatic carbocycles. The Kier molecular flexibility index (Phi) is 7.99. The molecule has 11 rings (SSSR count). The third-order valence-electron chi connectivity index (χ3n) is 12.7. The molecule has 4 heteroatoms. The predicted octanol–water partition coefficient (Wildman–Crippen LogP) is 11.9. The highest BCUT2D eigenvalue weighted by Crippen LogP contribution is 2.58. The van der Waals surface area contributed by atoms with Crippen molar-refractivity contribution in [1.29, 1.82) is 0 Å². The number of para-hydroxylation sites is 1. The molecule has 0 saturated heterocycles. The van der Waals surface area contributed by atoms with Crippen molar-refractivity contribution in [1.82, 2.24) is 15.2 Å². The topological polar surface area (TPSA) is 41.4 Å². The number of aliphatic imine (C=N–C) groups is 1. The first kappa shape index (κ1) is 33.1. The van der Waals surface area contributed by atoms with Gasteiger partial charge in [0.1, 0.15) is 18.2 Å². The average Bonchev–Trinajstić information content (AvgIpc) is 3.76. The minimum atomic E-state index is -0.389. The van der Waals surface area contributed by atoms with Crippen LogP contribution in [-0.4, -0.2) is 10.4 Å². The van der Waals surface area contributed by atoms with Crippen molar-refractivity contribution < 1.29 is 0 Å². The fraction of sp³-hybridized carbons (Fsp3) is 0.173. The highest BCUT2D eigenvalue weighted by atomic mass is 15.3. The molecule has 3 atom stereocenters. The lowest BCUT2D eigenvalue weighted by molar-refractivity contribution is 0.391. The van der Waals surface area contributed by atoms with Gasteiger partial charge in [0.2, 0.25) is 0 Å². The van der Waals surface area contributed by atoms with E-state index >= 15 is 0 Å². The van der Waals surface area contributed by atoms with E-state index in [4.69, 9.17) is 4.99 Å². The maximum atomic E-state index is 5.41. The van der Waals surface area contributed by atoms with E-state index in [9.17, 15) is 0 Å².